The Bertz CT molecular complexity index is 513. The zero-order valence-corrected chi connectivity index (χ0v) is 14.7. The maximum Gasteiger partial charge on any atom is 0.471 e. The van der Waals surface area contributed by atoms with Gasteiger partial charge in [-0.1, -0.05) is 27.2 Å². The summed E-state index contributed by atoms with van der Waals surface area (Å²) in [5, 5.41) is 10.6. The van der Waals surface area contributed by atoms with Crippen molar-refractivity contribution in [2.75, 3.05) is 13.1 Å². The summed E-state index contributed by atoms with van der Waals surface area (Å²) in [4.78, 5) is 34.8. The molecule has 1 atom stereocenters. The van der Waals surface area contributed by atoms with E-state index in [1.54, 1.807) is 0 Å². The second kappa shape index (κ2) is 8.05. The van der Waals surface area contributed by atoms with Gasteiger partial charge in [-0.2, -0.15) is 13.2 Å². The molecule has 1 spiro atoms. The van der Waals surface area contributed by atoms with Crippen LogP contribution in [0.3, 0.4) is 0 Å². The summed E-state index contributed by atoms with van der Waals surface area (Å²) in [6, 6.07) is -1.03. The molecule has 0 aromatic rings. The van der Waals surface area contributed by atoms with Crippen LogP contribution in [0.15, 0.2) is 0 Å². The Morgan fingerprint density at radius 2 is 1.76 bits per heavy atom. The average Bonchev–Trinajstić information content (AvgIpc) is 2.84. The highest BCUT2D eigenvalue weighted by Gasteiger charge is 2.51. The summed E-state index contributed by atoms with van der Waals surface area (Å²) in [6.45, 7) is 5.88. The van der Waals surface area contributed by atoms with Crippen LogP contribution in [0.25, 0.3) is 0 Å². The lowest BCUT2D eigenvalue weighted by Gasteiger charge is -2.37. The molecule has 1 aliphatic carbocycles. The minimum absolute atomic E-state index is 0.216. The quantitative estimate of drug-likeness (QED) is 0.802. The smallest absolute Gasteiger partial charge is 0.471 e. The Morgan fingerprint density at radius 1 is 1.24 bits per heavy atom. The molecule has 2 N–H and O–H groups in total. The Balaban J connectivity index is 0.000000705. The number of carboxylic acid groups (broad SMARTS) is 1. The number of likely N-dealkylation sites (tertiary alicyclic amines) is 1. The van der Waals surface area contributed by atoms with Crippen LogP contribution < -0.4 is 5.32 Å². The largest absolute Gasteiger partial charge is 0.480 e. The molecule has 0 bridgehead atoms. The van der Waals surface area contributed by atoms with Crippen LogP contribution in [0.1, 0.15) is 46.5 Å². The summed E-state index contributed by atoms with van der Waals surface area (Å²) < 4.78 is 36.1. The fourth-order valence-electron chi connectivity index (χ4n) is 2.94. The van der Waals surface area contributed by atoms with Crippen LogP contribution in [0.2, 0.25) is 0 Å². The predicted octanol–water partition coefficient (Wildman–Crippen LogP) is 2.18. The van der Waals surface area contributed by atoms with Gasteiger partial charge in [-0.05, 0) is 30.6 Å². The summed E-state index contributed by atoms with van der Waals surface area (Å²) in [7, 11) is 0. The van der Waals surface area contributed by atoms with E-state index in [-0.39, 0.29) is 12.0 Å². The van der Waals surface area contributed by atoms with Gasteiger partial charge in [-0.25, -0.2) is 4.79 Å². The summed E-state index contributed by atoms with van der Waals surface area (Å²) in [5.41, 5.74) is -0.216. The molecular weight excluding hydrogens is 341 g/mol. The molecule has 1 saturated carbocycles. The molecule has 1 heterocycles. The average molecular weight is 366 g/mol. The molecule has 2 fully saturated rings. The Labute approximate surface area is 144 Å². The molecule has 0 aromatic heterocycles. The maximum atomic E-state index is 12.0. The number of amides is 2. The monoisotopic (exact) mass is 366 g/mol. The number of aliphatic carboxylic acids is 1. The molecule has 1 unspecified atom stereocenters. The van der Waals surface area contributed by atoms with E-state index in [1.165, 1.54) is 5.32 Å². The molecule has 9 heteroatoms. The van der Waals surface area contributed by atoms with E-state index >= 15 is 0 Å². The van der Waals surface area contributed by atoms with Crippen molar-refractivity contribution in [1.29, 1.82) is 0 Å². The topological polar surface area (TPSA) is 86.7 Å². The number of carbonyl (C=O) groups is 3. The van der Waals surface area contributed by atoms with Gasteiger partial charge in [-0.3, -0.25) is 9.59 Å². The lowest BCUT2D eigenvalue weighted by atomic mass is 9.67. The van der Waals surface area contributed by atoms with E-state index in [0.29, 0.717) is 6.42 Å². The number of rotatable bonds is 3. The van der Waals surface area contributed by atoms with Gasteiger partial charge in [0.1, 0.15) is 6.04 Å². The van der Waals surface area contributed by atoms with Gasteiger partial charge in [0, 0.05) is 6.54 Å². The van der Waals surface area contributed by atoms with Crippen molar-refractivity contribution in [1.82, 2.24) is 10.2 Å². The van der Waals surface area contributed by atoms with Gasteiger partial charge in [0.25, 0.3) is 0 Å². The number of carboxylic acids is 1. The maximum absolute atomic E-state index is 12.0. The molecule has 1 aliphatic heterocycles. The fraction of sp³-hybridized carbons (Fsp3) is 0.812. The first-order valence-corrected chi connectivity index (χ1v) is 8.25. The van der Waals surface area contributed by atoms with Gasteiger partial charge >= 0.3 is 18.1 Å². The van der Waals surface area contributed by atoms with Gasteiger partial charge < -0.3 is 15.3 Å². The Morgan fingerprint density at radius 3 is 2.12 bits per heavy atom. The number of halogens is 3. The van der Waals surface area contributed by atoms with Gasteiger partial charge in [0.15, 0.2) is 0 Å². The van der Waals surface area contributed by atoms with Crippen molar-refractivity contribution in [2.24, 2.45) is 11.3 Å². The van der Waals surface area contributed by atoms with Crippen LogP contribution in [0.5, 0.6) is 0 Å². The van der Waals surface area contributed by atoms with E-state index in [1.807, 2.05) is 0 Å². The highest BCUT2D eigenvalue weighted by molar-refractivity contribution is 5.90. The van der Waals surface area contributed by atoms with Crippen LogP contribution in [0, 0.1) is 11.3 Å². The summed E-state index contributed by atoms with van der Waals surface area (Å²) in [5.74, 6) is -3.35. The number of carbonyl (C=O) groups excluding carboxylic acids is 2. The van der Waals surface area contributed by atoms with Gasteiger partial charge in [0.2, 0.25) is 5.91 Å². The highest BCUT2D eigenvalue weighted by Crippen LogP contribution is 2.50. The normalized spacial score (nSPS) is 21.4. The number of alkyl halides is 3. The number of nitrogens with zero attached hydrogens (tertiary/aromatic N) is 1. The number of hydrogen-bond donors (Lipinski definition) is 2. The van der Waals surface area contributed by atoms with E-state index < -0.39 is 36.5 Å². The van der Waals surface area contributed by atoms with E-state index in [9.17, 15) is 27.6 Å². The van der Waals surface area contributed by atoms with Crippen LogP contribution >= 0.6 is 0 Å². The molecule has 2 amide bonds. The highest BCUT2D eigenvalue weighted by atomic mass is 19.4. The fourth-order valence-corrected chi connectivity index (χ4v) is 2.94. The number of nitrogens with one attached hydrogen (secondary N) is 1. The zero-order chi connectivity index (χ0) is 19.4. The standard InChI is InChI=1S/C12H15F3N2O4.C4H10/c13-12(14,15)10(21)16-5-8(18)17-6-11(2-1-3-11)4-7(17)9(19)20;1-4(2)3/h7H,1-6H2,(H,16,21)(H,19,20);4H,1-3H3. The second-order valence-corrected chi connectivity index (χ2v) is 7.35. The Kier molecular flexibility index (Phi) is 6.84. The molecule has 1 saturated heterocycles. The second-order valence-electron chi connectivity index (χ2n) is 7.35. The zero-order valence-electron chi connectivity index (χ0n) is 14.7. The van der Waals surface area contributed by atoms with Crippen LogP contribution in [-0.2, 0) is 14.4 Å². The van der Waals surface area contributed by atoms with Crippen molar-refractivity contribution in [2.45, 2.75) is 58.7 Å². The lowest BCUT2D eigenvalue weighted by Crippen LogP contribution is -2.48. The molecule has 2 rings (SSSR count). The molecule has 2 aliphatic rings. The first-order chi connectivity index (χ1) is 11.4. The summed E-state index contributed by atoms with van der Waals surface area (Å²) >= 11 is 0. The van der Waals surface area contributed by atoms with Crippen molar-refractivity contribution >= 4 is 17.8 Å². The minimum Gasteiger partial charge on any atom is -0.480 e. The number of hydrogen-bond acceptors (Lipinski definition) is 3. The minimum atomic E-state index is -5.06. The van der Waals surface area contributed by atoms with Crippen molar-refractivity contribution < 1.29 is 32.7 Å². The third kappa shape index (κ3) is 5.89. The first-order valence-electron chi connectivity index (χ1n) is 8.25. The third-order valence-corrected chi connectivity index (χ3v) is 4.19. The first kappa shape index (κ1) is 21.2. The molecular formula is C16H25F3N2O4. The van der Waals surface area contributed by atoms with E-state index in [2.05, 4.69) is 20.8 Å². The van der Waals surface area contributed by atoms with Crippen LogP contribution in [0.4, 0.5) is 13.2 Å². The van der Waals surface area contributed by atoms with Crippen molar-refractivity contribution in [3.8, 4) is 0 Å². The molecule has 6 nitrogen and oxygen atoms in total. The van der Waals surface area contributed by atoms with Crippen LogP contribution in [-0.4, -0.2) is 53.1 Å². The predicted molar refractivity (Wildman–Crippen MR) is 83.6 cm³/mol. The van der Waals surface area contributed by atoms with Gasteiger partial charge in [0.05, 0.1) is 6.54 Å². The SMILES string of the molecule is CC(C)C.O=C(O)C1CC2(CCC2)CN1C(=O)CNC(=O)C(F)(F)F. The third-order valence-electron chi connectivity index (χ3n) is 4.19. The molecule has 25 heavy (non-hydrogen) atoms. The van der Waals surface area contributed by atoms with Crippen molar-refractivity contribution in [3.05, 3.63) is 0 Å². The molecule has 0 radical (unpaired) electrons. The summed E-state index contributed by atoms with van der Waals surface area (Å²) in [6.07, 6.45) is -2.15. The molecule has 144 valence electrons. The van der Waals surface area contributed by atoms with Gasteiger partial charge in [-0.15, -0.1) is 0 Å². The lowest BCUT2D eigenvalue weighted by molar-refractivity contribution is -0.174. The van der Waals surface area contributed by atoms with E-state index in [0.717, 1.165) is 30.1 Å². The van der Waals surface area contributed by atoms with Crippen molar-refractivity contribution in [3.63, 3.8) is 0 Å². The molecule has 0 aromatic carbocycles. The van der Waals surface area contributed by atoms with E-state index in [4.69, 9.17) is 5.11 Å². The Hall–Kier alpha value is -1.80.